The van der Waals surface area contributed by atoms with Crippen molar-refractivity contribution in [3.05, 3.63) is 29.6 Å². The Morgan fingerprint density at radius 3 is 2.80 bits per heavy atom. The van der Waals surface area contributed by atoms with Crippen LogP contribution in [-0.2, 0) is 10.9 Å². The number of aromatic nitrogens is 1. The van der Waals surface area contributed by atoms with E-state index in [1.54, 1.807) is 12.0 Å². The van der Waals surface area contributed by atoms with Gasteiger partial charge in [-0.15, -0.1) is 0 Å². The Kier molecular flexibility index (Phi) is 5.02. The van der Waals surface area contributed by atoms with Gasteiger partial charge in [-0.25, -0.2) is 0 Å². The molecule has 0 unspecified atom stereocenters. The number of pyridine rings is 1. The van der Waals surface area contributed by atoms with Gasteiger partial charge in [0.05, 0.1) is 6.61 Å². The first-order valence-electron chi connectivity index (χ1n) is 8.42. The van der Waals surface area contributed by atoms with Crippen LogP contribution < -0.4 is 0 Å². The second kappa shape index (κ2) is 6.92. The van der Waals surface area contributed by atoms with Crippen LogP contribution in [0.2, 0.25) is 0 Å². The van der Waals surface area contributed by atoms with Crippen LogP contribution in [0.3, 0.4) is 0 Å². The van der Waals surface area contributed by atoms with Gasteiger partial charge in [-0.05, 0) is 31.4 Å². The molecule has 3 rings (SSSR count). The summed E-state index contributed by atoms with van der Waals surface area (Å²) in [7, 11) is 1.66. The Balaban J connectivity index is 1.73. The predicted molar refractivity (Wildman–Crippen MR) is 85.2 cm³/mol. The fourth-order valence-electron chi connectivity index (χ4n) is 3.79. The summed E-state index contributed by atoms with van der Waals surface area (Å²) in [5.74, 6) is -0.356. The van der Waals surface area contributed by atoms with Crippen LogP contribution in [-0.4, -0.2) is 66.1 Å². The Morgan fingerprint density at radius 1 is 1.36 bits per heavy atom. The lowest BCUT2D eigenvalue weighted by atomic mass is 9.77. The van der Waals surface area contributed by atoms with Crippen molar-refractivity contribution in [3.8, 4) is 0 Å². The van der Waals surface area contributed by atoms with Crippen molar-refractivity contribution < 1.29 is 22.7 Å². The van der Waals surface area contributed by atoms with E-state index < -0.39 is 11.9 Å². The number of rotatable bonds is 4. The van der Waals surface area contributed by atoms with Crippen LogP contribution in [0.15, 0.2) is 18.3 Å². The summed E-state index contributed by atoms with van der Waals surface area (Å²) < 4.78 is 43.6. The number of piperidine rings is 1. The summed E-state index contributed by atoms with van der Waals surface area (Å²) in [5.41, 5.74) is -1.04. The summed E-state index contributed by atoms with van der Waals surface area (Å²) in [6.45, 7) is 3.54. The zero-order valence-electron chi connectivity index (χ0n) is 14.2. The number of alkyl halides is 3. The van der Waals surface area contributed by atoms with Gasteiger partial charge in [-0.3, -0.25) is 14.7 Å². The van der Waals surface area contributed by atoms with E-state index in [2.05, 4.69) is 9.88 Å². The Hall–Kier alpha value is -1.67. The highest BCUT2D eigenvalue weighted by molar-refractivity contribution is 5.94. The van der Waals surface area contributed by atoms with E-state index in [0.717, 1.165) is 44.6 Å². The molecule has 1 aromatic rings. The van der Waals surface area contributed by atoms with Crippen LogP contribution in [0.4, 0.5) is 13.2 Å². The van der Waals surface area contributed by atoms with E-state index in [4.69, 9.17) is 4.74 Å². The third-order valence-electron chi connectivity index (χ3n) is 5.22. The minimum Gasteiger partial charge on any atom is -0.383 e. The monoisotopic (exact) mass is 357 g/mol. The van der Waals surface area contributed by atoms with Crippen molar-refractivity contribution in [1.29, 1.82) is 0 Å². The summed E-state index contributed by atoms with van der Waals surface area (Å²) >= 11 is 0. The number of ether oxygens (including phenoxy) is 1. The quantitative estimate of drug-likeness (QED) is 0.830. The molecule has 0 aromatic carbocycles. The molecule has 0 aliphatic carbocycles. The Bertz CT molecular complexity index is 638. The Morgan fingerprint density at radius 2 is 2.16 bits per heavy atom. The zero-order valence-corrected chi connectivity index (χ0v) is 14.2. The smallest absolute Gasteiger partial charge is 0.383 e. The number of amides is 1. The minimum atomic E-state index is -4.55. The van der Waals surface area contributed by atoms with Crippen molar-refractivity contribution in [2.75, 3.05) is 39.9 Å². The molecular weight excluding hydrogens is 335 g/mol. The molecule has 2 aliphatic rings. The Labute approximate surface area is 144 Å². The molecule has 25 heavy (non-hydrogen) atoms. The van der Waals surface area contributed by atoms with E-state index in [1.807, 2.05) is 0 Å². The SMILES string of the molecule is COCCN1CC[C@]12CCCN(C(=O)c1ccnc(C(F)(F)F)c1)C2. The van der Waals surface area contributed by atoms with E-state index in [0.29, 0.717) is 19.7 Å². The van der Waals surface area contributed by atoms with Gasteiger partial charge in [-0.1, -0.05) is 0 Å². The predicted octanol–water partition coefficient (Wildman–Crippen LogP) is 2.43. The van der Waals surface area contributed by atoms with Gasteiger partial charge in [0, 0.05) is 50.6 Å². The molecule has 1 amide bonds. The molecule has 5 nitrogen and oxygen atoms in total. The third kappa shape index (κ3) is 3.64. The number of carbonyl (C=O) groups is 1. The average molecular weight is 357 g/mol. The first kappa shape index (κ1) is 18.1. The fraction of sp³-hybridized carbons (Fsp3) is 0.647. The van der Waals surface area contributed by atoms with Crippen molar-refractivity contribution in [1.82, 2.24) is 14.8 Å². The van der Waals surface area contributed by atoms with E-state index in [9.17, 15) is 18.0 Å². The second-order valence-electron chi connectivity index (χ2n) is 6.71. The summed E-state index contributed by atoms with van der Waals surface area (Å²) in [4.78, 5) is 20.0. The molecule has 8 heteroatoms. The maximum absolute atomic E-state index is 12.8. The largest absolute Gasteiger partial charge is 0.433 e. The lowest BCUT2D eigenvalue weighted by Crippen LogP contribution is -2.67. The fourth-order valence-corrected chi connectivity index (χ4v) is 3.79. The maximum atomic E-state index is 12.8. The molecular formula is C17H22F3N3O2. The normalized spacial score (nSPS) is 24.4. The molecule has 3 heterocycles. The van der Waals surface area contributed by atoms with Crippen molar-refractivity contribution in [2.45, 2.75) is 31.0 Å². The molecule has 0 bridgehead atoms. The van der Waals surface area contributed by atoms with Crippen LogP contribution in [0.25, 0.3) is 0 Å². The molecule has 2 saturated heterocycles. The molecule has 1 spiro atoms. The van der Waals surface area contributed by atoms with Crippen molar-refractivity contribution in [2.24, 2.45) is 0 Å². The number of likely N-dealkylation sites (tertiary alicyclic amines) is 2. The van der Waals surface area contributed by atoms with Gasteiger partial charge in [0.25, 0.3) is 5.91 Å². The highest BCUT2D eigenvalue weighted by Gasteiger charge is 2.47. The summed E-state index contributed by atoms with van der Waals surface area (Å²) in [6, 6.07) is 2.19. The number of methoxy groups -OCH3 is 1. The molecule has 2 fully saturated rings. The second-order valence-corrected chi connectivity index (χ2v) is 6.71. The average Bonchev–Trinajstić information content (AvgIpc) is 2.60. The van der Waals surface area contributed by atoms with Crippen molar-refractivity contribution in [3.63, 3.8) is 0 Å². The maximum Gasteiger partial charge on any atom is 0.433 e. The van der Waals surface area contributed by atoms with Gasteiger partial charge in [0.15, 0.2) is 0 Å². The molecule has 0 N–H and O–H groups in total. The molecule has 0 radical (unpaired) electrons. The van der Waals surface area contributed by atoms with Gasteiger partial charge >= 0.3 is 6.18 Å². The van der Waals surface area contributed by atoms with Gasteiger partial charge in [0.2, 0.25) is 0 Å². The zero-order chi connectivity index (χ0) is 18.1. The lowest BCUT2D eigenvalue weighted by Gasteiger charge is -2.57. The number of hydrogen-bond acceptors (Lipinski definition) is 4. The highest BCUT2D eigenvalue weighted by Crippen LogP contribution is 2.38. The molecule has 1 aromatic heterocycles. The van der Waals surface area contributed by atoms with E-state index in [1.165, 1.54) is 6.07 Å². The highest BCUT2D eigenvalue weighted by atomic mass is 19.4. The van der Waals surface area contributed by atoms with E-state index >= 15 is 0 Å². The lowest BCUT2D eigenvalue weighted by molar-refractivity contribution is -0.141. The standard InChI is InChI=1S/C17H22F3N3O2/c1-25-10-9-23-8-5-16(23)4-2-7-22(12-16)15(24)13-3-6-21-14(11-13)17(18,19)20/h3,6,11H,2,4-5,7-10,12H2,1H3/t16-/m0/s1. The molecule has 1 atom stereocenters. The van der Waals surface area contributed by atoms with E-state index in [-0.39, 0.29) is 17.0 Å². The van der Waals surface area contributed by atoms with Crippen LogP contribution in [0.5, 0.6) is 0 Å². The number of nitrogens with zero attached hydrogens (tertiary/aromatic N) is 3. The molecule has 0 saturated carbocycles. The number of carbonyl (C=O) groups excluding carboxylic acids is 1. The van der Waals surface area contributed by atoms with Crippen LogP contribution in [0.1, 0.15) is 35.3 Å². The van der Waals surface area contributed by atoms with Crippen molar-refractivity contribution >= 4 is 5.91 Å². The number of hydrogen-bond donors (Lipinski definition) is 0. The number of halogens is 3. The molecule has 2 aliphatic heterocycles. The third-order valence-corrected chi connectivity index (χ3v) is 5.22. The first-order chi connectivity index (χ1) is 11.9. The topological polar surface area (TPSA) is 45.7 Å². The van der Waals surface area contributed by atoms with Crippen LogP contribution in [0, 0.1) is 0 Å². The summed E-state index contributed by atoms with van der Waals surface area (Å²) in [5, 5.41) is 0. The first-order valence-corrected chi connectivity index (χ1v) is 8.42. The molecule has 138 valence electrons. The van der Waals surface area contributed by atoms with Gasteiger partial charge in [-0.2, -0.15) is 13.2 Å². The summed E-state index contributed by atoms with van der Waals surface area (Å²) in [6.07, 6.45) is -0.643. The minimum absolute atomic E-state index is 0.0436. The van der Waals surface area contributed by atoms with Gasteiger partial charge in [0.1, 0.15) is 5.69 Å². The van der Waals surface area contributed by atoms with Crippen LogP contribution >= 0.6 is 0 Å². The van der Waals surface area contributed by atoms with Gasteiger partial charge < -0.3 is 9.64 Å².